The van der Waals surface area contributed by atoms with Crippen molar-refractivity contribution in [1.82, 2.24) is 9.80 Å². The number of nitrogens with zero attached hydrogens (tertiary/aromatic N) is 2. The third-order valence-corrected chi connectivity index (χ3v) is 4.15. The molecule has 0 aliphatic carbocycles. The molecule has 3 nitrogen and oxygen atoms in total. The molecule has 0 amide bonds. The average molecular weight is 261 g/mol. The summed E-state index contributed by atoms with van der Waals surface area (Å²) < 4.78 is 0. The van der Waals surface area contributed by atoms with Gasteiger partial charge in [0.1, 0.15) is 0 Å². The monoisotopic (exact) mass is 261 g/mol. The van der Waals surface area contributed by atoms with Crippen LogP contribution in [0.4, 0.5) is 5.69 Å². The molecule has 1 aromatic carbocycles. The Morgan fingerprint density at radius 1 is 1.37 bits per heavy atom. The highest BCUT2D eigenvalue weighted by Crippen LogP contribution is 2.15. The van der Waals surface area contributed by atoms with Crippen molar-refractivity contribution in [2.24, 2.45) is 0 Å². The summed E-state index contributed by atoms with van der Waals surface area (Å²) in [6.07, 6.45) is 2.71. The maximum Gasteiger partial charge on any atom is 0.0370 e. The molecule has 1 aromatic rings. The lowest BCUT2D eigenvalue weighted by molar-refractivity contribution is 0.224. The molecule has 0 aromatic heterocycles. The Balaban J connectivity index is 1.69. The second-order valence-corrected chi connectivity index (χ2v) is 5.78. The quantitative estimate of drug-likeness (QED) is 0.848. The third kappa shape index (κ3) is 4.22. The molecule has 1 unspecified atom stereocenters. The molecule has 1 aliphatic rings. The van der Waals surface area contributed by atoms with Crippen LogP contribution in [0.3, 0.4) is 0 Å². The van der Waals surface area contributed by atoms with Gasteiger partial charge in [-0.2, -0.15) is 0 Å². The number of likely N-dealkylation sites (N-methyl/N-ethyl adjacent to an activating group) is 2. The van der Waals surface area contributed by atoms with Gasteiger partial charge in [-0.05, 0) is 52.0 Å². The summed E-state index contributed by atoms with van der Waals surface area (Å²) in [5, 5.41) is 3.52. The highest BCUT2D eigenvalue weighted by molar-refractivity contribution is 5.50. The van der Waals surface area contributed by atoms with Gasteiger partial charge in [-0.3, -0.25) is 0 Å². The smallest absolute Gasteiger partial charge is 0.0370 e. The van der Waals surface area contributed by atoms with Crippen molar-refractivity contribution in [2.75, 3.05) is 45.6 Å². The van der Waals surface area contributed by atoms with E-state index in [2.05, 4.69) is 60.4 Å². The minimum Gasteiger partial charge on any atom is -0.384 e. The Morgan fingerprint density at radius 2 is 2.16 bits per heavy atom. The minimum absolute atomic E-state index is 0.753. The van der Waals surface area contributed by atoms with Crippen LogP contribution in [0.2, 0.25) is 0 Å². The molecular weight excluding hydrogens is 234 g/mol. The van der Waals surface area contributed by atoms with Crippen LogP contribution >= 0.6 is 0 Å². The Bertz CT molecular complexity index is 391. The maximum absolute atomic E-state index is 3.52. The molecule has 3 heteroatoms. The van der Waals surface area contributed by atoms with Crippen molar-refractivity contribution in [3.05, 3.63) is 29.8 Å². The molecule has 0 saturated carbocycles. The van der Waals surface area contributed by atoms with E-state index in [1.807, 2.05) is 0 Å². The van der Waals surface area contributed by atoms with Crippen molar-refractivity contribution >= 4 is 5.69 Å². The van der Waals surface area contributed by atoms with Gasteiger partial charge in [0.25, 0.3) is 0 Å². The van der Waals surface area contributed by atoms with Gasteiger partial charge in [0.15, 0.2) is 0 Å². The van der Waals surface area contributed by atoms with E-state index in [1.54, 1.807) is 0 Å². The molecule has 1 atom stereocenters. The number of benzene rings is 1. The lowest BCUT2D eigenvalue weighted by Crippen LogP contribution is -2.38. The summed E-state index contributed by atoms with van der Waals surface area (Å²) in [7, 11) is 4.47. The number of para-hydroxylation sites is 1. The summed E-state index contributed by atoms with van der Waals surface area (Å²) in [5.74, 6) is 0. The molecule has 2 rings (SSSR count). The lowest BCUT2D eigenvalue weighted by Gasteiger charge is -2.26. The van der Waals surface area contributed by atoms with E-state index >= 15 is 0 Å². The number of anilines is 1. The predicted molar refractivity (Wildman–Crippen MR) is 82.8 cm³/mol. The highest BCUT2D eigenvalue weighted by atomic mass is 15.2. The number of rotatable bonds is 6. The van der Waals surface area contributed by atoms with E-state index in [0.29, 0.717) is 0 Å². The molecule has 0 radical (unpaired) electrons. The normalized spacial score (nSPS) is 20.1. The lowest BCUT2D eigenvalue weighted by atomic mass is 10.2. The van der Waals surface area contributed by atoms with Crippen LogP contribution in [-0.2, 0) is 0 Å². The third-order valence-electron chi connectivity index (χ3n) is 4.15. The second-order valence-electron chi connectivity index (χ2n) is 5.78. The van der Waals surface area contributed by atoms with Crippen LogP contribution in [0, 0.1) is 6.92 Å². The van der Waals surface area contributed by atoms with Crippen LogP contribution in [0.25, 0.3) is 0 Å². The van der Waals surface area contributed by atoms with Crippen LogP contribution in [-0.4, -0.2) is 56.1 Å². The van der Waals surface area contributed by atoms with Crippen molar-refractivity contribution < 1.29 is 0 Å². The standard InChI is InChI=1S/C16H27N3/c1-14-7-4-5-9-16(14)17-10-12-18(2)13-15-8-6-11-19(15)3/h4-5,7,9,15,17H,6,8,10-13H2,1-3H3. The average Bonchev–Trinajstić information content (AvgIpc) is 2.77. The largest absolute Gasteiger partial charge is 0.384 e. The van der Waals surface area contributed by atoms with Crippen molar-refractivity contribution in [2.45, 2.75) is 25.8 Å². The number of hydrogen-bond donors (Lipinski definition) is 1. The maximum atomic E-state index is 3.52. The molecule has 0 spiro atoms. The molecule has 106 valence electrons. The molecular formula is C16H27N3. The first-order valence-corrected chi connectivity index (χ1v) is 7.35. The first kappa shape index (κ1) is 14.4. The predicted octanol–water partition coefficient (Wildman–Crippen LogP) is 2.43. The van der Waals surface area contributed by atoms with Gasteiger partial charge < -0.3 is 15.1 Å². The molecule has 19 heavy (non-hydrogen) atoms. The fourth-order valence-corrected chi connectivity index (χ4v) is 2.81. The van der Waals surface area contributed by atoms with E-state index in [4.69, 9.17) is 0 Å². The SMILES string of the molecule is Cc1ccccc1NCCN(C)CC1CCCN1C. The molecule has 1 N–H and O–H groups in total. The van der Waals surface area contributed by atoms with E-state index in [0.717, 1.165) is 19.1 Å². The van der Waals surface area contributed by atoms with Gasteiger partial charge in [0, 0.05) is 31.4 Å². The summed E-state index contributed by atoms with van der Waals surface area (Å²) in [6.45, 7) is 6.71. The number of hydrogen-bond acceptors (Lipinski definition) is 3. The summed E-state index contributed by atoms with van der Waals surface area (Å²) in [6, 6.07) is 9.23. The van der Waals surface area contributed by atoms with E-state index in [9.17, 15) is 0 Å². The van der Waals surface area contributed by atoms with Gasteiger partial charge in [-0.25, -0.2) is 0 Å². The summed E-state index contributed by atoms with van der Waals surface area (Å²) in [5.41, 5.74) is 2.58. The van der Waals surface area contributed by atoms with Crippen LogP contribution in [0.5, 0.6) is 0 Å². The van der Waals surface area contributed by atoms with Gasteiger partial charge >= 0.3 is 0 Å². The van der Waals surface area contributed by atoms with Crippen LogP contribution < -0.4 is 5.32 Å². The molecule has 1 aliphatic heterocycles. The Morgan fingerprint density at radius 3 is 2.84 bits per heavy atom. The highest BCUT2D eigenvalue weighted by Gasteiger charge is 2.21. The topological polar surface area (TPSA) is 18.5 Å². The summed E-state index contributed by atoms with van der Waals surface area (Å²) in [4.78, 5) is 4.93. The molecule has 0 bridgehead atoms. The minimum atomic E-state index is 0.753. The Labute approximate surface area is 117 Å². The fourth-order valence-electron chi connectivity index (χ4n) is 2.81. The second kappa shape index (κ2) is 6.92. The zero-order chi connectivity index (χ0) is 13.7. The number of likely N-dealkylation sites (tertiary alicyclic amines) is 1. The van der Waals surface area contributed by atoms with Gasteiger partial charge in [-0.1, -0.05) is 18.2 Å². The number of nitrogens with one attached hydrogen (secondary N) is 1. The zero-order valence-corrected chi connectivity index (χ0v) is 12.5. The molecule has 1 saturated heterocycles. The van der Waals surface area contributed by atoms with E-state index < -0.39 is 0 Å². The zero-order valence-electron chi connectivity index (χ0n) is 12.5. The van der Waals surface area contributed by atoms with Crippen molar-refractivity contribution in [1.29, 1.82) is 0 Å². The Hall–Kier alpha value is -1.06. The first-order chi connectivity index (χ1) is 9.16. The Kier molecular flexibility index (Phi) is 5.23. The van der Waals surface area contributed by atoms with Gasteiger partial charge in [-0.15, -0.1) is 0 Å². The van der Waals surface area contributed by atoms with E-state index in [-0.39, 0.29) is 0 Å². The van der Waals surface area contributed by atoms with Gasteiger partial charge in [0.2, 0.25) is 0 Å². The summed E-state index contributed by atoms with van der Waals surface area (Å²) >= 11 is 0. The van der Waals surface area contributed by atoms with Gasteiger partial charge in [0.05, 0.1) is 0 Å². The van der Waals surface area contributed by atoms with Crippen molar-refractivity contribution in [3.8, 4) is 0 Å². The van der Waals surface area contributed by atoms with Crippen LogP contribution in [0.15, 0.2) is 24.3 Å². The van der Waals surface area contributed by atoms with E-state index in [1.165, 1.54) is 37.2 Å². The fraction of sp³-hybridized carbons (Fsp3) is 0.625. The molecule has 1 heterocycles. The van der Waals surface area contributed by atoms with Crippen molar-refractivity contribution in [3.63, 3.8) is 0 Å². The first-order valence-electron chi connectivity index (χ1n) is 7.35. The number of aryl methyl sites for hydroxylation is 1. The van der Waals surface area contributed by atoms with Crippen LogP contribution in [0.1, 0.15) is 18.4 Å². The molecule has 1 fully saturated rings.